The fourth-order valence-electron chi connectivity index (χ4n) is 11.1. The van der Waals surface area contributed by atoms with Gasteiger partial charge in [0, 0.05) is 12.5 Å². The molecule has 5 rings (SSSR count). The molecule has 1 saturated heterocycles. The van der Waals surface area contributed by atoms with Gasteiger partial charge in [-0.05, 0) is 111 Å². The number of aliphatic hydroxyl groups is 5. The molecule has 0 aromatic carbocycles. The van der Waals surface area contributed by atoms with Gasteiger partial charge in [-0.15, -0.1) is 0 Å². The van der Waals surface area contributed by atoms with E-state index in [-0.39, 0.29) is 47.2 Å². The van der Waals surface area contributed by atoms with Crippen LogP contribution in [0.5, 0.6) is 0 Å². The number of esters is 2. The SMILES string of the molecule is CC(=O)O[C@H]1C[C@@]2(C)[C@@H](C[C@@H](O)[C@H]3[C@@]4(C)CC[C@@H](O)[C@@H](C)C4CC[C@@]32C)/C1=C(\CCC=C(C)C)C(=O)O[C@@H]1O[C@H](C(=O)O)[C@@H](O)[C@H](O)[C@H]1O. The molecule has 6 N–H and O–H groups in total. The maximum atomic E-state index is 14.2. The van der Waals surface area contributed by atoms with E-state index >= 15 is 0 Å². The van der Waals surface area contributed by atoms with Gasteiger partial charge in [-0.1, -0.05) is 39.3 Å². The van der Waals surface area contributed by atoms with Crippen LogP contribution in [0.3, 0.4) is 0 Å². The molecule has 15 atom stereocenters. The summed E-state index contributed by atoms with van der Waals surface area (Å²) in [6.45, 7) is 13.9. The van der Waals surface area contributed by atoms with Crippen LogP contribution in [-0.4, -0.2) is 97.6 Å². The van der Waals surface area contributed by atoms with Crippen molar-refractivity contribution in [2.24, 2.45) is 39.9 Å². The highest BCUT2D eigenvalue weighted by Gasteiger charge is 2.71. The highest BCUT2D eigenvalue weighted by molar-refractivity contribution is 5.90. The Morgan fingerprint density at radius 3 is 2.18 bits per heavy atom. The molecule has 12 heteroatoms. The monoisotopic (exact) mass is 692 g/mol. The van der Waals surface area contributed by atoms with Crippen molar-refractivity contribution in [2.45, 2.75) is 149 Å². The van der Waals surface area contributed by atoms with E-state index < -0.39 is 71.7 Å². The minimum absolute atomic E-state index is 0.0972. The Morgan fingerprint density at radius 2 is 1.57 bits per heavy atom. The van der Waals surface area contributed by atoms with Crippen molar-refractivity contribution in [3.05, 3.63) is 22.8 Å². The van der Waals surface area contributed by atoms with Crippen molar-refractivity contribution >= 4 is 17.9 Å². The molecule has 0 amide bonds. The Labute approximate surface area is 288 Å². The smallest absolute Gasteiger partial charge is 0.336 e. The summed E-state index contributed by atoms with van der Waals surface area (Å²) in [7, 11) is 0. The van der Waals surface area contributed by atoms with Crippen LogP contribution >= 0.6 is 0 Å². The second-order valence-electron chi connectivity index (χ2n) is 16.5. The quantitative estimate of drug-likeness (QED) is 0.130. The lowest BCUT2D eigenvalue weighted by atomic mass is 9.36. The van der Waals surface area contributed by atoms with Crippen LogP contribution in [0.1, 0.15) is 99.8 Å². The molecule has 49 heavy (non-hydrogen) atoms. The molecule has 4 aliphatic carbocycles. The number of hydrogen-bond donors (Lipinski definition) is 6. The van der Waals surface area contributed by atoms with E-state index in [2.05, 4.69) is 27.7 Å². The summed E-state index contributed by atoms with van der Waals surface area (Å²) < 4.78 is 16.9. The fraction of sp³-hybridized carbons (Fsp3) is 0.811. The molecule has 5 fully saturated rings. The summed E-state index contributed by atoms with van der Waals surface area (Å²) in [5.74, 6) is -3.20. The summed E-state index contributed by atoms with van der Waals surface area (Å²) >= 11 is 0. The molecule has 1 heterocycles. The number of rotatable bonds is 7. The average molecular weight is 693 g/mol. The Bertz CT molecular complexity index is 1370. The average Bonchev–Trinajstić information content (AvgIpc) is 3.28. The van der Waals surface area contributed by atoms with Crippen molar-refractivity contribution in [3.63, 3.8) is 0 Å². The number of carboxylic acid groups (broad SMARTS) is 1. The molecule has 1 unspecified atom stereocenters. The number of aliphatic carboxylic acids is 1. The first-order valence-corrected chi connectivity index (χ1v) is 17.8. The van der Waals surface area contributed by atoms with Crippen molar-refractivity contribution in [1.29, 1.82) is 0 Å². The van der Waals surface area contributed by atoms with Crippen LogP contribution in [0.4, 0.5) is 0 Å². The van der Waals surface area contributed by atoms with Crippen LogP contribution < -0.4 is 0 Å². The Balaban J connectivity index is 1.59. The summed E-state index contributed by atoms with van der Waals surface area (Å²) in [6, 6.07) is 0. The van der Waals surface area contributed by atoms with E-state index in [9.17, 15) is 45.0 Å². The molecule has 12 nitrogen and oxygen atoms in total. The van der Waals surface area contributed by atoms with Crippen LogP contribution in [0, 0.1) is 39.9 Å². The summed E-state index contributed by atoms with van der Waals surface area (Å²) in [5.41, 5.74) is 0.576. The summed E-state index contributed by atoms with van der Waals surface area (Å²) in [6.07, 6.45) is -5.24. The molecule has 0 spiro atoms. The third-order valence-electron chi connectivity index (χ3n) is 13.6. The van der Waals surface area contributed by atoms with Gasteiger partial charge in [-0.3, -0.25) is 4.79 Å². The number of aliphatic hydroxyl groups excluding tert-OH is 5. The zero-order valence-corrected chi connectivity index (χ0v) is 29.8. The predicted octanol–water partition coefficient (Wildman–Crippen LogP) is 3.02. The largest absolute Gasteiger partial charge is 0.479 e. The molecular weight excluding hydrogens is 636 g/mol. The Hall–Kier alpha value is -2.35. The van der Waals surface area contributed by atoms with Crippen molar-refractivity contribution < 1.29 is 59.2 Å². The number of carboxylic acids is 1. The number of ether oxygens (including phenoxy) is 3. The summed E-state index contributed by atoms with van der Waals surface area (Å²) in [5, 5.41) is 63.7. The lowest BCUT2D eigenvalue weighted by Crippen LogP contribution is -2.65. The number of hydrogen-bond acceptors (Lipinski definition) is 11. The Morgan fingerprint density at radius 1 is 0.898 bits per heavy atom. The van der Waals surface area contributed by atoms with Gasteiger partial charge < -0.3 is 44.8 Å². The topological polar surface area (TPSA) is 200 Å². The molecule has 4 saturated carbocycles. The lowest BCUT2D eigenvalue weighted by Gasteiger charge is -2.69. The predicted molar refractivity (Wildman–Crippen MR) is 175 cm³/mol. The normalized spacial score (nSPS) is 47.2. The molecule has 0 aromatic rings. The van der Waals surface area contributed by atoms with Gasteiger partial charge in [0.2, 0.25) is 6.29 Å². The van der Waals surface area contributed by atoms with Gasteiger partial charge >= 0.3 is 17.9 Å². The third-order valence-corrected chi connectivity index (χ3v) is 13.6. The zero-order chi connectivity index (χ0) is 36.4. The number of carbonyl (C=O) groups is 3. The Kier molecular flexibility index (Phi) is 10.6. The molecule has 276 valence electrons. The van der Waals surface area contributed by atoms with Crippen LogP contribution in [0.2, 0.25) is 0 Å². The molecule has 0 bridgehead atoms. The molecule has 0 radical (unpaired) electrons. The standard InChI is InChI=1S/C37H56O12/c1-17(2)9-8-10-20(33(46)49-34-29(43)27(41)28(42)30(48-34)32(44)45)26-22-15-24(40)31-35(5)13-12-23(39)18(3)21(35)11-14-36(31,6)37(22,7)16-25(26)47-19(4)38/h9,18,21-25,27-31,34,39-43H,8,10-16H2,1-7H3,(H,44,45)/b26-20-/t18-,21?,22-,23+,24+,25-,27-,28-,29+,30-,31-,34-,35-,36-,37-/m0/s1. The van der Waals surface area contributed by atoms with Gasteiger partial charge in [-0.2, -0.15) is 0 Å². The first-order valence-electron chi connectivity index (χ1n) is 17.8. The van der Waals surface area contributed by atoms with E-state index in [0.717, 1.165) is 24.8 Å². The van der Waals surface area contributed by atoms with Gasteiger partial charge in [0.25, 0.3) is 0 Å². The second kappa shape index (κ2) is 13.7. The minimum Gasteiger partial charge on any atom is -0.479 e. The highest BCUT2D eigenvalue weighted by Crippen LogP contribution is 2.74. The van der Waals surface area contributed by atoms with Crippen molar-refractivity contribution in [3.8, 4) is 0 Å². The van der Waals surface area contributed by atoms with Gasteiger partial charge in [0.15, 0.2) is 6.10 Å². The third kappa shape index (κ3) is 6.28. The van der Waals surface area contributed by atoms with Crippen molar-refractivity contribution in [2.75, 3.05) is 0 Å². The van der Waals surface area contributed by atoms with Crippen LogP contribution in [0.15, 0.2) is 22.8 Å². The maximum absolute atomic E-state index is 14.2. The van der Waals surface area contributed by atoms with Gasteiger partial charge in [0.1, 0.15) is 24.4 Å². The first-order chi connectivity index (χ1) is 22.8. The number of fused-ring (bicyclic) bond motifs is 5. The second-order valence-corrected chi connectivity index (χ2v) is 16.5. The molecule has 0 aromatic heterocycles. The fourth-order valence-corrected chi connectivity index (χ4v) is 11.1. The number of allylic oxidation sites excluding steroid dienone is 2. The van der Waals surface area contributed by atoms with Gasteiger partial charge in [-0.25, -0.2) is 9.59 Å². The van der Waals surface area contributed by atoms with E-state index in [1.807, 2.05) is 19.9 Å². The molecule has 1 aliphatic heterocycles. The van der Waals surface area contributed by atoms with E-state index in [1.165, 1.54) is 6.92 Å². The van der Waals surface area contributed by atoms with E-state index in [0.29, 0.717) is 31.3 Å². The zero-order valence-electron chi connectivity index (χ0n) is 29.8. The molecular formula is C37H56O12. The molecule has 5 aliphatic rings. The minimum atomic E-state index is -1.96. The van der Waals surface area contributed by atoms with E-state index in [1.54, 1.807) is 0 Å². The number of carbonyl (C=O) groups excluding carboxylic acids is 2. The highest BCUT2D eigenvalue weighted by atomic mass is 16.7. The first kappa shape index (κ1) is 37.9. The van der Waals surface area contributed by atoms with Crippen LogP contribution in [-0.2, 0) is 28.6 Å². The summed E-state index contributed by atoms with van der Waals surface area (Å²) in [4.78, 5) is 38.6. The van der Waals surface area contributed by atoms with Crippen molar-refractivity contribution in [1.82, 2.24) is 0 Å². The van der Waals surface area contributed by atoms with E-state index in [4.69, 9.17) is 14.2 Å². The van der Waals surface area contributed by atoms with Crippen LogP contribution in [0.25, 0.3) is 0 Å². The van der Waals surface area contributed by atoms with Gasteiger partial charge in [0.05, 0.1) is 12.2 Å². The lowest BCUT2D eigenvalue weighted by molar-refractivity contribution is -0.285. The maximum Gasteiger partial charge on any atom is 0.336 e.